The molecule has 2 rings (SSSR count). The third-order valence-electron chi connectivity index (χ3n) is 7.96. The lowest BCUT2D eigenvalue weighted by Gasteiger charge is -2.51. The second-order valence-corrected chi connectivity index (χ2v) is 15.2. The number of ether oxygens (including phenoxy) is 12. The Morgan fingerprint density at radius 1 is 0.733 bits per heavy atom. The third-order valence-corrected chi connectivity index (χ3v) is 8.47. The van der Waals surface area contributed by atoms with E-state index in [9.17, 15) is 43.2 Å². The molecule has 11 atom stereocenters. The summed E-state index contributed by atoms with van der Waals surface area (Å²) in [4.78, 5) is 114. The lowest BCUT2D eigenvalue weighted by molar-refractivity contribution is -0.366. The number of rotatable bonds is 16. The minimum absolute atomic E-state index is 0.773. The number of alkyl halides is 3. The van der Waals surface area contributed by atoms with Gasteiger partial charge in [-0.2, -0.15) is 0 Å². The lowest BCUT2D eigenvalue weighted by Crippen LogP contribution is -2.72. The zero-order valence-corrected chi connectivity index (χ0v) is 35.9. The van der Waals surface area contributed by atoms with Crippen LogP contribution in [0.25, 0.3) is 0 Å². The van der Waals surface area contributed by atoms with Crippen LogP contribution >= 0.6 is 34.8 Å². The van der Waals surface area contributed by atoms with Gasteiger partial charge in [0.1, 0.15) is 37.6 Å². The van der Waals surface area contributed by atoms with Crippen LogP contribution in [0.1, 0.15) is 61.8 Å². The zero-order chi connectivity index (χ0) is 45.9. The van der Waals surface area contributed by atoms with Gasteiger partial charge in [-0.25, -0.2) is 4.79 Å². The highest BCUT2D eigenvalue weighted by Gasteiger charge is 2.63. The molecule has 2 saturated heterocycles. The van der Waals surface area contributed by atoms with E-state index in [-0.39, 0.29) is 0 Å². The summed E-state index contributed by atoms with van der Waals surface area (Å²) in [6.07, 6.45) is -18.3. The average molecular weight is 924 g/mol. The van der Waals surface area contributed by atoms with Crippen molar-refractivity contribution >= 4 is 94.4 Å². The molecule has 0 bridgehead atoms. The third kappa shape index (κ3) is 15.2. The summed E-state index contributed by atoms with van der Waals surface area (Å²) in [5, 5.41) is 10.7. The molecule has 0 saturated carbocycles. The van der Waals surface area contributed by atoms with Gasteiger partial charge < -0.3 is 62.2 Å². The van der Waals surface area contributed by atoms with Crippen LogP contribution in [0.2, 0.25) is 0 Å². The van der Waals surface area contributed by atoms with Crippen molar-refractivity contribution < 1.29 is 100.0 Å². The smallest absolute Gasteiger partial charge is 0.366 e. The molecule has 0 aromatic heterocycles. The number of nitrogens with one attached hydrogen (secondary N) is 2. The van der Waals surface area contributed by atoms with Crippen LogP contribution in [0.5, 0.6) is 0 Å². The second-order valence-electron chi connectivity index (χ2n) is 13.0. The van der Waals surface area contributed by atoms with E-state index in [4.69, 9.17) is 97.1 Å². The van der Waals surface area contributed by atoms with Crippen molar-refractivity contribution in [3.63, 3.8) is 0 Å². The first-order valence-corrected chi connectivity index (χ1v) is 18.7. The van der Waals surface area contributed by atoms with Gasteiger partial charge >= 0.3 is 47.8 Å². The van der Waals surface area contributed by atoms with Crippen molar-refractivity contribution in [1.82, 2.24) is 5.32 Å². The van der Waals surface area contributed by atoms with Crippen molar-refractivity contribution in [3.8, 4) is 0 Å². The molecule has 60 heavy (non-hydrogen) atoms. The maximum absolute atomic E-state index is 14.2. The summed E-state index contributed by atoms with van der Waals surface area (Å²) in [6, 6.07) is -1.63. The van der Waals surface area contributed by atoms with E-state index in [0.717, 1.165) is 62.5 Å². The van der Waals surface area contributed by atoms with Crippen LogP contribution < -0.4 is 5.32 Å². The number of carbonyl (C=O) groups excluding carboxylic acids is 9. The molecule has 0 unspecified atom stereocenters. The number of hydrogen-bond donors (Lipinski definition) is 2. The van der Waals surface area contributed by atoms with Crippen LogP contribution in [0.3, 0.4) is 0 Å². The lowest BCUT2D eigenvalue weighted by atomic mass is 9.87. The Kier molecular flexibility index (Phi) is 19.2. The maximum Gasteiger partial charge on any atom is 0.366 e. The molecule has 2 fully saturated rings. The zero-order valence-electron chi connectivity index (χ0n) is 33.6. The predicted molar refractivity (Wildman–Crippen MR) is 196 cm³/mol. The van der Waals surface area contributed by atoms with Crippen molar-refractivity contribution in [2.45, 2.75) is 133 Å². The number of esters is 8. The fraction of sp³-hybridized carbons (Fsp3) is 0.706. The molecule has 2 aliphatic heterocycles. The van der Waals surface area contributed by atoms with Crippen molar-refractivity contribution in [2.24, 2.45) is 0 Å². The second kappa shape index (κ2) is 22.3. The fourth-order valence-corrected chi connectivity index (χ4v) is 6.15. The van der Waals surface area contributed by atoms with Gasteiger partial charge in [-0.05, 0) is 0 Å². The minimum Gasteiger partial charge on any atom is -0.465 e. The number of halogens is 3. The summed E-state index contributed by atoms with van der Waals surface area (Å²) in [7, 11) is 0.854. The molecule has 2 N–H and O–H groups in total. The highest BCUT2D eigenvalue weighted by Crippen LogP contribution is 2.42. The van der Waals surface area contributed by atoms with Crippen LogP contribution in [-0.2, 0) is 100.0 Å². The first-order chi connectivity index (χ1) is 27.7. The number of methoxy groups -OCH3 is 1. The minimum atomic E-state index is -3.02. The van der Waals surface area contributed by atoms with Gasteiger partial charge in [-0.3, -0.25) is 43.8 Å². The topological polar surface area (TPSA) is 300 Å². The molecule has 26 heteroatoms. The molecule has 0 spiro atoms. The average Bonchev–Trinajstić information content (AvgIpc) is 3.09. The number of amides is 1. The van der Waals surface area contributed by atoms with Gasteiger partial charge in [-0.15, -0.1) is 0 Å². The van der Waals surface area contributed by atoms with E-state index in [1.165, 1.54) is 0 Å². The Labute approximate surface area is 357 Å². The molecule has 338 valence electrons. The molecule has 23 nitrogen and oxygen atoms in total. The molecule has 0 aromatic carbocycles. The van der Waals surface area contributed by atoms with Gasteiger partial charge in [0, 0.05) is 55.4 Å². The molecule has 0 aromatic rings. The molecular weight excluding hydrogens is 879 g/mol. The van der Waals surface area contributed by atoms with Gasteiger partial charge in [0.05, 0.1) is 19.6 Å². The van der Waals surface area contributed by atoms with Gasteiger partial charge in [0.25, 0.3) is 9.58 Å². The summed E-state index contributed by atoms with van der Waals surface area (Å²) in [5.41, 5.74) is 0. The van der Waals surface area contributed by atoms with E-state index in [0.29, 0.717) is 0 Å². The van der Waals surface area contributed by atoms with E-state index in [1.54, 1.807) is 0 Å². The van der Waals surface area contributed by atoms with E-state index in [1.807, 2.05) is 0 Å². The number of hydrogen-bond acceptors (Lipinski definition) is 22. The molecule has 2 aliphatic rings. The highest BCUT2D eigenvalue weighted by molar-refractivity contribution is 6.76. The summed E-state index contributed by atoms with van der Waals surface area (Å²) < 4.78 is 64.2. The first-order valence-electron chi connectivity index (χ1n) is 17.5. The fourth-order valence-electron chi connectivity index (χ4n) is 6.01. The summed E-state index contributed by atoms with van der Waals surface area (Å²) >= 11 is 17.6. The van der Waals surface area contributed by atoms with Gasteiger partial charge in [-0.1, -0.05) is 34.8 Å². The van der Waals surface area contributed by atoms with Crippen LogP contribution in [0.4, 0.5) is 0 Å². The Balaban J connectivity index is 3.10. The quantitative estimate of drug-likeness (QED) is 0.0696. The summed E-state index contributed by atoms with van der Waals surface area (Å²) in [6.45, 7) is 6.12. The van der Waals surface area contributed by atoms with Crippen molar-refractivity contribution in [1.29, 1.82) is 5.41 Å². The predicted octanol–water partition coefficient (Wildman–Crippen LogP) is 0.408. The van der Waals surface area contributed by atoms with E-state index < -0.39 is 150 Å². The monoisotopic (exact) mass is 922 g/mol. The molecular formula is C34H45Cl3N2O21. The Morgan fingerprint density at radius 3 is 1.75 bits per heavy atom. The molecule has 1 amide bonds. The normalized spacial score (nSPS) is 27.3. The van der Waals surface area contributed by atoms with Crippen LogP contribution in [0, 0.1) is 5.41 Å². The van der Waals surface area contributed by atoms with Crippen LogP contribution in [0.15, 0.2) is 0 Å². The Morgan fingerprint density at radius 2 is 1.28 bits per heavy atom. The van der Waals surface area contributed by atoms with Crippen molar-refractivity contribution in [2.75, 3.05) is 20.3 Å². The highest BCUT2D eigenvalue weighted by atomic mass is 35.6. The summed E-state index contributed by atoms with van der Waals surface area (Å²) in [5.74, 6) is -13.5. The van der Waals surface area contributed by atoms with Gasteiger partial charge in [0.15, 0.2) is 24.4 Å². The maximum atomic E-state index is 14.2. The van der Waals surface area contributed by atoms with E-state index in [2.05, 4.69) is 5.32 Å². The molecule has 2 heterocycles. The van der Waals surface area contributed by atoms with Gasteiger partial charge in [0.2, 0.25) is 18.1 Å². The first kappa shape index (κ1) is 51.6. The van der Waals surface area contributed by atoms with E-state index >= 15 is 0 Å². The molecule has 0 radical (unpaired) electrons. The Hall–Kier alpha value is -4.55. The largest absolute Gasteiger partial charge is 0.465 e. The SMILES string of the molecule is COC(=O)[C@@]1(O[C@H]2[C@@H](OC(C)=O)[C@@H](COC(C)=O)O[C@@H](OC(=N)C(Cl)(Cl)Cl)[C@@H]2OC(C)=O)C[C@H](OC(C)=O)[C@@H](NC(C)=O)[C@H]([C@H](OC(C)=O)[C@@H](COC(C)=O)OC(C)=O)O1. The number of carbonyl (C=O) groups is 9. The van der Waals surface area contributed by atoms with Crippen molar-refractivity contribution in [3.05, 3.63) is 0 Å². The van der Waals surface area contributed by atoms with Crippen LogP contribution in [-0.4, -0.2) is 151 Å². The standard InChI is InChI=1S/C34H45Cl3N2O21/c1-13(40)39-24-21(52-16(4)43)10-33(32(48)49-9,59-27(24)25(54-18(6)45)22(53-17(5)44)11-50-14(2)41)60-28-26(55-19(7)46)23(12-51-15(3)42)57-30(29(28)56-20(8)47)58-31(38)34(35,36)37/h21-30,38H,10-12H2,1-9H3,(H,39,40)/t21-,22+,23+,24+,25+,26-,27+,28-,29+,30-,33-/m0/s1. The Bertz CT molecular complexity index is 1660. The molecule has 0 aliphatic carbocycles.